The lowest BCUT2D eigenvalue weighted by atomic mass is 9.97. The Balaban J connectivity index is 1.97. The highest BCUT2D eigenvalue weighted by molar-refractivity contribution is 5.90. The molecular weight excluding hydrogens is 584 g/mol. The fourth-order valence-electron chi connectivity index (χ4n) is 3.64. The van der Waals surface area contributed by atoms with Gasteiger partial charge in [0.15, 0.2) is 0 Å². The van der Waals surface area contributed by atoms with Crippen molar-refractivity contribution in [1.29, 1.82) is 0 Å². The van der Waals surface area contributed by atoms with Crippen LogP contribution in [0.25, 0.3) is 22.3 Å². The molecule has 0 N–H and O–H groups in total. The summed E-state index contributed by atoms with van der Waals surface area (Å²) in [6.07, 6.45) is 5.36. The van der Waals surface area contributed by atoms with Crippen molar-refractivity contribution in [2.24, 2.45) is 0 Å². The predicted octanol–water partition coefficient (Wildman–Crippen LogP) is 7.95. The van der Waals surface area contributed by atoms with E-state index < -0.39 is 24.4 Å². The van der Waals surface area contributed by atoms with Gasteiger partial charge in [-0.05, 0) is 61.4 Å². The summed E-state index contributed by atoms with van der Waals surface area (Å²) >= 11 is 0. The molecule has 0 bridgehead atoms. The quantitative estimate of drug-likeness (QED) is 0.0491. The number of esters is 1. The third kappa shape index (κ3) is 10.3. The summed E-state index contributed by atoms with van der Waals surface area (Å²) < 4.78 is 35.4. The SMILES string of the molecule is C=COC(=O)OC(=O)Oc1ccc(-c2cc(OC/C=C/C)c(-c3ccc(OC(=O)OC(=O)C=C)cc3)cc2OC/C=C/C)cc1. The van der Waals surface area contributed by atoms with Crippen molar-refractivity contribution in [3.8, 4) is 45.3 Å². The van der Waals surface area contributed by atoms with Crippen LogP contribution in [0.5, 0.6) is 23.0 Å². The molecule has 0 saturated carbocycles. The van der Waals surface area contributed by atoms with Crippen LogP contribution in [-0.2, 0) is 19.0 Å². The minimum Gasteiger partial charge on any atom is -0.489 e. The third-order valence-electron chi connectivity index (χ3n) is 5.65. The van der Waals surface area contributed by atoms with Crippen LogP contribution < -0.4 is 18.9 Å². The maximum Gasteiger partial charge on any atom is 0.524 e. The Kier molecular flexibility index (Phi) is 12.7. The van der Waals surface area contributed by atoms with Crippen molar-refractivity contribution >= 4 is 24.4 Å². The first-order valence-corrected chi connectivity index (χ1v) is 13.4. The van der Waals surface area contributed by atoms with E-state index in [4.69, 9.17) is 18.9 Å². The number of ether oxygens (including phenoxy) is 7. The van der Waals surface area contributed by atoms with Gasteiger partial charge in [0.25, 0.3) is 0 Å². The molecule has 3 rings (SSSR count). The van der Waals surface area contributed by atoms with E-state index in [1.165, 1.54) is 12.1 Å². The lowest BCUT2D eigenvalue weighted by Crippen LogP contribution is -2.15. The molecule has 0 saturated heterocycles. The second-order valence-electron chi connectivity index (χ2n) is 8.62. The van der Waals surface area contributed by atoms with Crippen molar-refractivity contribution < 1.29 is 52.3 Å². The molecule has 0 radical (unpaired) electrons. The predicted molar refractivity (Wildman–Crippen MR) is 164 cm³/mol. The first-order chi connectivity index (χ1) is 21.8. The van der Waals surface area contributed by atoms with Gasteiger partial charge in [0.1, 0.15) is 36.2 Å². The van der Waals surface area contributed by atoms with Crippen molar-refractivity contribution in [3.63, 3.8) is 0 Å². The summed E-state index contributed by atoms with van der Waals surface area (Å²) in [4.78, 5) is 46.2. The Morgan fingerprint density at radius 2 is 1.09 bits per heavy atom. The summed E-state index contributed by atoms with van der Waals surface area (Å²) in [7, 11) is 0. The van der Waals surface area contributed by atoms with Crippen molar-refractivity contribution in [2.75, 3.05) is 13.2 Å². The van der Waals surface area contributed by atoms with Gasteiger partial charge >= 0.3 is 24.4 Å². The standard InChI is InChI=1S/C34H30O11/c1-5-9-19-40-29-22-28(24-13-17-26(18-14-24)43-34(38)45-32(36)39-8-4)30(41-20-10-6-2)21-27(29)23-11-15-25(16-12-23)42-33(37)44-31(35)7-3/h5-18,21-22H,3-4,19-20H2,1-2H3/b9-5+,10-6+. The molecule has 0 fully saturated rings. The Morgan fingerprint density at radius 1 is 0.644 bits per heavy atom. The van der Waals surface area contributed by atoms with Crippen LogP contribution in [0.4, 0.5) is 14.4 Å². The number of hydrogen-bond acceptors (Lipinski definition) is 11. The van der Waals surface area contributed by atoms with Crippen LogP contribution in [0.15, 0.2) is 110 Å². The second kappa shape index (κ2) is 17.1. The summed E-state index contributed by atoms with van der Waals surface area (Å²) in [6, 6.07) is 16.6. The fraction of sp³-hybridized carbons (Fsp3) is 0.118. The maximum atomic E-state index is 11.8. The minimum atomic E-state index is -1.27. The van der Waals surface area contributed by atoms with Gasteiger partial charge in [-0.2, -0.15) is 0 Å². The molecule has 0 unspecified atom stereocenters. The van der Waals surface area contributed by atoms with Gasteiger partial charge in [-0.25, -0.2) is 19.2 Å². The van der Waals surface area contributed by atoms with E-state index in [1.807, 2.05) is 50.3 Å². The van der Waals surface area contributed by atoms with Crippen LogP contribution in [0.1, 0.15) is 13.8 Å². The molecule has 3 aromatic rings. The Labute approximate surface area is 259 Å². The van der Waals surface area contributed by atoms with E-state index in [0.29, 0.717) is 33.8 Å². The molecule has 11 heteroatoms. The van der Waals surface area contributed by atoms with E-state index >= 15 is 0 Å². The lowest BCUT2D eigenvalue weighted by molar-refractivity contribution is -0.133. The van der Waals surface area contributed by atoms with E-state index in [9.17, 15) is 19.2 Å². The van der Waals surface area contributed by atoms with Crippen LogP contribution in [0.3, 0.4) is 0 Å². The van der Waals surface area contributed by atoms with Crippen molar-refractivity contribution in [1.82, 2.24) is 0 Å². The molecule has 3 aromatic carbocycles. The van der Waals surface area contributed by atoms with E-state index in [2.05, 4.69) is 27.4 Å². The van der Waals surface area contributed by atoms with Crippen LogP contribution in [0, 0.1) is 0 Å². The largest absolute Gasteiger partial charge is 0.524 e. The molecule has 11 nitrogen and oxygen atoms in total. The average Bonchev–Trinajstić information content (AvgIpc) is 3.02. The smallest absolute Gasteiger partial charge is 0.489 e. The van der Waals surface area contributed by atoms with Gasteiger partial charge in [0, 0.05) is 17.2 Å². The lowest BCUT2D eigenvalue weighted by Gasteiger charge is -2.18. The Morgan fingerprint density at radius 3 is 1.49 bits per heavy atom. The van der Waals surface area contributed by atoms with Crippen molar-refractivity contribution in [3.05, 3.63) is 110 Å². The van der Waals surface area contributed by atoms with Crippen LogP contribution in [0.2, 0.25) is 0 Å². The van der Waals surface area contributed by atoms with Gasteiger partial charge in [-0.1, -0.05) is 61.7 Å². The zero-order chi connectivity index (χ0) is 32.6. The summed E-state index contributed by atoms with van der Waals surface area (Å²) in [5.41, 5.74) is 2.78. The first kappa shape index (κ1) is 33.4. The van der Waals surface area contributed by atoms with E-state index in [1.54, 1.807) is 36.4 Å². The van der Waals surface area contributed by atoms with Crippen LogP contribution in [-0.4, -0.2) is 37.6 Å². The topological polar surface area (TPSA) is 133 Å². The van der Waals surface area contributed by atoms with Crippen molar-refractivity contribution in [2.45, 2.75) is 13.8 Å². The molecule has 0 aliphatic rings. The summed E-state index contributed by atoms with van der Waals surface area (Å²) in [6.45, 7) is 10.8. The fourth-order valence-corrected chi connectivity index (χ4v) is 3.64. The Hall–Kier alpha value is -6.10. The molecule has 0 aromatic heterocycles. The average molecular weight is 615 g/mol. The number of carbonyl (C=O) groups excluding carboxylic acids is 4. The number of hydrogen-bond donors (Lipinski definition) is 0. The highest BCUT2D eigenvalue weighted by Crippen LogP contribution is 2.42. The molecule has 232 valence electrons. The molecule has 45 heavy (non-hydrogen) atoms. The monoisotopic (exact) mass is 614 g/mol. The minimum absolute atomic E-state index is 0.118. The zero-order valence-corrected chi connectivity index (χ0v) is 24.6. The number of allylic oxidation sites excluding steroid dienone is 2. The molecule has 0 aliphatic carbocycles. The van der Waals surface area contributed by atoms with Gasteiger partial charge in [0.2, 0.25) is 0 Å². The molecule has 0 aliphatic heterocycles. The maximum absolute atomic E-state index is 11.8. The highest BCUT2D eigenvalue weighted by atomic mass is 16.8. The van der Waals surface area contributed by atoms with E-state index in [-0.39, 0.29) is 24.7 Å². The molecule has 0 atom stereocenters. The Bertz CT molecular complexity index is 1580. The summed E-state index contributed by atoms with van der Waals surface area (Å²) in [5.74, 6) is 0.389. The second-order valence-corrected chi connectivity index (χ2v) is 8.62. The van der Waals surface area contributed by atoms with E-state index in [0.717, 1.165) is 12.3 Å². The van der Waals surface area contributed by atoms with Gasteiger partial charge in [-0.15, -0.1) is 0 Å². The molecule has 0 spiro atoms. The number of rotatable bonds is 12. The normalized spacial score (nSPS) is 10.5. The first-order valence-electron chi connectivity index (χ1n) is 13.4. The molecular formula is C34H30O11. The van der Waals surface area contributed by atoms with Gasteiger partial charge in [-0.3, -0.25) is 0 Å². The molecule has 0 heterocycles. The zero-order valence-electron chi connectivity index (χ0n) is 24.6. The number of benzene rings is 3. The number of carbonyl (C=O) groups is 4. The third-order valence-corrected chi connectivity index (χ3v) is 5.65. The van der Waals surface area contributed by atoms with Gasteiger partial charge < -0.3 is 33.2 Å². The highest BCUT2D eigenvalue weighted by Gasteiger charge is 2.18. The summed E-state index contributed by atoms with van der Waals surface area (Å²) in [5, 5.41) is 0. The van der Waals surface area contributed by atoms with Crippen LogP contribution >= 0.6 is 0 Å². The van der Waals surface area contributed by atoms with Gasteiger partial charge in [0.05, 0.1) is 6.26 Å². The molecule has 0 amide bonds.